The topological polar surface area (TPSA) is 28.2 Å². The minimum Gasteiger partial charge on any atom is -0.352 e. The summed E-state index contributed by atoms with van der Waals surface area (Å²) in [4.78, 5) is 7.08. The first-order chi connectivity index (χ1) is 8.34. The van der Waals surface area contributed by atoms with Crippen LogP contribution < -0.4 is 10.2 Å². The average Bonchev–Trinajstić information content (AvgIpc) is 3.00. The third-order valence-corrected chi connectivity index (χ3v) is 4.05. The zero-order valence-electron chi connectivity index (χ0n) is 10.5. The van der Waals surface area contributed by atoms with Gasteiger partial charge in [-0.1, -0.05) is 6.07 Å². The molecule has 17 heavy (non-hydrogen) atoms. The van der Waals surface area contributed by atoms with Crippen molar-refractivity contribution < 1.29 is 0 Å². The molecule has 92 valence electrons. The van der Waals surface area contributed by atoms with Crippen molar-refractivity contribution in [1.82, 2.24) is 10.3 Å². The zero-order valence-corrected chi connectivity index (χ0v) is 10.5. The number of pyridine rings is 1. The van der Waals surface area contributed by atoms with Crippen LogP contribution in [0.4, 0.5) is 5.82 Å². The molecule has 3 heterocycles. The number of anilines is 1. The number of hydrogen-bond acceptors (Lipinski definition) is 3. The van der Waals surface area contributed by atoms with Gasteiger partial charge in [-0.2, -0.15) is 0 Å². The molecule has 0 spiro atoms. The SMILES string of the molecule is Cc1ccc(N2CCCC2C2CCCN2)nc1. The summed E-state index contributed by atoms with van der Waals surface area (Å²) >= 11 is 0. The normalized spacial score (nSPS) is 28.9. The highest BCUT2D eigenvalue weighted by atomic mass is 15.3. The maximum absolute atomic E-state index is 4.58. The predicted octanol–water partition coefficient (Wildman–Crippen LogP) is 2.11. The van der Waals surface area contributed by atoms with Gasteiger partial charge in [0, 0.05) is 24.8 Å². The van der Waals surface area contributed by atoms with Gasteiger partial charge in [-0.3, -0.25) is 0 Å². The molecule has 2 aliphatic heterocycles. The largest absolute Gasteiger partial charge is 0.352 e. The molecular formula is C14H21N3. The third kappa shape index (κ3) is 2.16. The average molecular weight is 231 g/mol. The van der Waals surface area contributed by atoms with Crippen LogP contribution in [0.1, 0.15) is 31.2 Å². The lowest BCUT2D eigenvalue weighted by atomic mass is 10.0. The van der Waals surface area contributed by atoms with E-state index in [0.717, 1.165) is 5.82 Å². The van der Waals surface area contributed by atoms with Crippen LogP contribution in [0.15, 0.2) is 18.3 Å². The van der Waals surface area contributed by atoms with Crippen molar-refractivity contribution in [2.45, 2.75) is 44.7 Å². The van der Waals surface area contributed by atoms with Gasteiger partial charge in [-0.15, -0.1) is 0 Å². The quantitative estimate of drug-likeness (QED) is 0.845. The van der Waals surface area contributed by atoms with E-state index in [4.69, 9.17) is 0 Å². The Bertz CT molecular complexity index is 368. The standard InChI is InChI=1S/C14H21N3/c1-11-6-7-14(16-10-11)17-9-3-5-13(17)12-4-2-8-15-12/h6-7,10,12-13,15H,2-5,8-9H2,1H3. The van der Waals surface area contributed by atoms with E-state index in [1.807, 2.05) is 6.20 Å². The first kappa shape index (κ1) is 11.0. The molecule has 0 radical (unpaired) electrons. The minimum atomic E-state index is 0.660. The Morgan fingerprint density at radius 1 is 1.29 bits per heavy atom. The Balaban J connectivity index is 1.78. The number of aromatic nitrogens is 1. The van der Waals surface area contributed by atoms with Gasteiger partial charge in [0.2, 0.25) is 0 Å². The first-order valence-corrected chi connectivity index (χ1v) is 6.77. The molecule has 0 bridgehead atoms. The van der Waals surface area contributed by atoms with E-state index in [9.17, 15) is 0 Å². The summed E-state index contributed by atoms with van der Waals surface area (Å²) in [5.74, 6) is 1.16. The van der Waals surface area contributed by atoms with Crippen molar-refractivity contribution in [2.75, 3.05) is 18.0 Å². The molecule has 2 saturated heterocycles. The number of nitrogens with one attached hydrogen (secondary N) is 1. The van der Waals surface area contributed by atoms with Crippen LogP contribution in [0, 0.1) is 6.92 Å². The Hall–Kier alpha value is -1.09. The number of hydrogen-bond donors (Lipinski definition) is 1. The molecule has 3 rings (SSSR count). The molecule has 3 nitrogen and oxygen atoms in total. The van der Waals surface area contributed by atoms with Gasteiger partial charge in [0.05, 0.1) is 0 Å². The fourth-order valence-electron chi connectivity index (χ4n) is 3.17. The van der Waals surface area contributed by atoms with Gasteiger partial charge in [0.25, 0.3) is 0 Å². The summed E-state index contributed by atoms with van der Waals surface area (Å²) in [6, 6.07) is 5.68. The second kappa shape index (κ2) is 4.65. The van der Waals surface area contributed by atoms with Gasteiger partial charge in [0.15, 0.2) is 0 Å². The molecular weight excluding hydrogens is 210 g/mol. The van der Waals surface area contributed by atoms with Crippen LogP contribution in [-0.2, 0) is 0 Å². The van der Waals surface area contributed by atoms with Crippen molar-refractivity contribution in [3.63, 3.8) is 0 Å². The number of aryl methyl sites for hydroxylation is 1. The molecule has 2 fully saturated rings. The van der Waals surface area contributed by atoms with E-state index in [1.54, 1.807) is 0 Å². The Morgan fingerprint density at radius 3 is 2.94 bits per heavy atom. The second-order valence-corrected chi connectivity index (χ2v) is 5.30. The molecule has 1 N–H and O–H groups in total. The third-order valence-electron chi connectivity index (χ3n) is 4.05. The molecule has 1 aromatic rings. The smallest absolute Gasteiger partial charge is 0.128 e. The van der Waals surface area contributed by atoms with E-state index < -0.39 is 0 Å². The van der Waals surface area contributed by atoms with Crippen molar-refractivity contribution in [3.05, 3.63) is 23.9 Å². The summed E-state index contributed by atoms with van der Waals surface area (Å²) in [7, 11) is 0. The van der Waals surface area contributed by atoms with Crippen molar-refractivity contribution in [1.29, 1.82) is 0 Å². The molecule has 1 aromatic heterocycles. The maximum Gasteiger partial charge on any atom is 0.128 e. The molecule has 2 unspecified atom stereocenters. The highest BCUT2D eigenvalue weighted by Gasteiger charge is 2.33. The lowest BCUT2D eigenvalue weighted by Crippen LogP contribution is -2.44. The highest BCUT2D eigenvalue weighted by Crippen LogP contribution is 2.28. The summed E-state index contributed by atoms with van der Waals surface area (Å²) in [5, 5.41) is 3.64. The fourth-order valence-corrected chi connectivity index (χ4v) is 3.17. The minimum absolute atomic E-state index is 0.660. The molecule has 0 amide bonds. The van der Waals surface area contributed by atoms with Crippen LogP contribution in [0.3, 0.4) is 0 Å². The predicted molar refractivity (Wildman–Crippen MR) is 70.4 cm³/mol. The summed E-state index contributed by atoms with van der Waals surface area (Å²) in [6.07, 6.45) is 7.25. The van der Waals surface area contributed by atoms with Crippen molar-refractivity contribution in [3.8, 4) is 0 Å². The van der Waals surface area contributed by atoms with Crippen molar-refractivity contribution in [2.24, 2.45) is 0 Å². The van der Waals surface area contributed by atoms with E-state index in [2.05, 4.69) is 34.3 Å². The molecule has 0 saturated carbocycles. The van der Waals surface area contributed by atoms with Gasteiger partial charge in [0.1, 0.15) is 5.82 Å². The van der Waals surface area contributed by atoms with E-state index in [1.165, 1.54) is 44.3 Å². The summed E-state index contributed by atoms with van der Waals surface area (Å²) in [5.41, 5.74) is 1.24. The molecule has 2 aliphatic rings. The lowest BCUT2D eigenvalue weighted by Gasteiger charge is -2.30. The first-order valence-electron chi connectivity index (χ1n) is 6.77. The van der Waals surface area contributed by atoms with Gasteiger partial charge >= 0.3 is 0 Å². The Morgan fingerprint density at radius 2 is 2.24 bits per heavy atom. The van der Waals surface area contributed by atoms with Crippen LogP contribution in [0.25, 0.3) is 0 Å². The highest BCUT2D eigenvalue weighted by molar-refractivity contribution is 5.42. The number of rotatable bonds is 2. The van der Waals surface area contributed by atoms with Crippen LogP contribution in [0.2, 0.25) is 0 Å². The van der Waals surface area contributed by atoms with Crippen molar-refractivity contribution >= 4 is 5.82 Å². The summed E-state index contributed by atoms with van der Waals surface area (Å²) in [6.45, 7) is 4.45. The van der Waals surface area contributed by atoms with Crippen LogP contribution in [-0.4, -0.2) is 30.2 Å². The Labute approximate surface area is 103 Å². The second-order valence-electron chi connectivity index (χ2n) is 5.30. The van der Waals surface area contributed by atoms with Crippen LogP contribution >= 0.6 is 0 Å². The van der Waals surface area contributed by atoms with E-state index in [0.29, 0.717) is 12.1 Å². The van der Waals surface area contributed by atoms with Gasteiger partial charge in [-0.05, 0) is 50.8 Å². The maximum atomic E-state index is 4.58. The Kier molecular flexibility index (Phi) is 3.02. The fraction of sp³-hybridized carbons (Fsp3) is 0.643. The van der Waals surface area contributed by atoms with Gasteiger partial charge in [-0.25, -0.2) is 4.98 Å². The molecule has 0 aromatic carbocycles. The zero-order chi connectivity index (χ0) is 11.7. The summed E-state index contributed by atoms with van der Waals surface area (Å²) < 4.78 is 0. The lowest BCUT2D eigenvalue weighted by molar-refractivity contribution is 0.481. The van der Waals surface area contributed by atoms with Gasteiger partial charge < -0.3 is 10.2 Å². The molecule has 2 atom stereocenters. The molecule has 3 heteroatoms. The van der Waals surface area contributed by atoms with E-state index >= 15 is 0 Å². The van der Waals surface area contributed by atoms with E-state index in [-0.39, 0.29) is 0 Å². The number of nitrogens with zero attached hydrogens (tertiary/aromatic N) is 2. The monoisotopic (exact) mass is 231 g/mol. The molecule has 0 aliphatic carbocycles. The van der Waals surface area contributed by atoms with Crippen LogP contribution in [0.5, 0.6) is 0 Å².